The van der Waals surface area contributed by atoms with Crippen molar-refractivity contribution in [3.05, 3.63) is 30.0 Å². The number of para-hydroxylation sites is 1. The molecule has 1 saturated heterocycles. The van der Waals surface area contributed by atoms with E-state index in [4.69, 9.17) is 0 Å². The summed E-state index contributed by atoms with van der Waals surface area (Å²) in [5, 5.41) is 7.84. The molecule has 1 N–H and O–H groups in total. The highest BCUT2D eigenvalue weighted by Gasteiger charge is 2.23. The van der Waals surface area contributed by atoms with E-state index in [2.05, 4.69) is 10.2 Å². The predicted molar refractivity (Wildman–Crippen MR) is 83.5 cm³/mol. The van der Waals surface area contributed by atoms with E-state index >= 15 is 0 Å². The van der Waals surface area contributed by atoms with Crippen LogP contribution in [0.4, 0.5) is 0 Å². The van der Waals surface area contributed by atoms with Gasteiger partial charge in [0.25, 0.3) is 5.91 Å². The fourth-order valence-corrected chi connectivity index (χ4v) is 2.91. The maximum atomic E-state index is 12.8. The van der Waals surface area contributed by atoms with Crippen LogP contribution in [0.2, 0.25) is 0 Å². The second kappa shape index (κ2) is 6.17. The summed E-state index contributed by atoms with van der Waals surface area (Å²) in [7, 11) is 0. The Morgan fingerprint density at radius 1 is 1.18 bits per heavy atom. The number of rotatable bonds is 2. The van der Waals surface area contributed by atoms with Crippen molar-refractivity contribution in [3.63, 3.8) is 0 Å². The molecule has 0 atom stereocenters. The number of hydrogen-bond donors (Lipinski definition) is 1. The number of H-pyrrole nitrogens is 1. The number of nitrogens with one attached hydrogen (secondary N) is 1. The molecule has 2 heterocycles. The number of hydrogen-bond acceptors (Lipinski definition) is 3. The van der Waals surface area contributed by atoms with Gasteiger partial charge in [-0.3, -0.25) is 14.7 Å². The minimum absolute atomic E-state index is 0.000599. The summed E-state index contributed by atoms with van der Waals surface area (Å²) in [6.07, 6.45) is 3.05. The van der Waals surface area contributed by atoms with Crippen LogP contribution in [-0.4, -0.2) is 58.0 Å². The van der Waals surface area contributed by atoms with Crippen LogP contribution in [0.5, 0.6) is 0 Å². The summed E-state index contributed by atoms with van der Waals surface area (Å²) in [6.45, 7) is 4.46. The molecule has 6 nitrogen and oxygen atoms in total. The quantitative estimate of drug-likeness (QED) is 0.917. The van der Waals surface area contributed by atoms with Crippen molar-refractivity contribution in [2.24, 2.45) is 0 Å². The lowest BCUT2D eigenvalue weighted by Gasteiger charge is -2.22. The van der Waals surface area contributed by atoms with Gasteiger partial charge in [0, 0.05) is 38.0 Å². The second-order valence-corrected chi connectivity index (χ2v) is 5.52. The molecule has 1 aromatic heterocycles. The van der Waals surface area contributed by atoms with Crippen LogP contribution in [0.15, 0.2) is 24.4 Å². The first-order valence-electron chi connectivity index (χ1n) is 7.70. The van der Waals surface area contributed by atoms with Crippen molar-refractivity contribution in [1.29, 1.82) is 0 Å². The van der Waals surface area contributed by atoms with E-state index in [0.717, 1.165) is 23.9 Å². The molecule has 22 heavy (non-hydrogen) atoms. The first-order valence-corrected chi connectivity index (χ1v) is 7.70. The zero-order valence-electron chi connectivity index (χ0n) is 12.7. The van der Waals surface area contributed by atoms with E-state index in [0.29, 0.717) is 31.6 Å². The Hall–Kier alpha value is -2.37. The molecule has 1 aliphatic heterocycles. The summed E-state index contributed by atoms with van der Waals surface area (Å²) in [6, 6.07) is 5.62. The minimum atomic E-state index is 0.000599. The second-order valence-electron chi connectivity index (χ2n) is 5.52. The van der Waals surface area contributed by atoms with Crippen LogP contribution in [0.3, 0.4) is 0 Å². The van der Waals surface area contributed by atoms with Gasteiger partial charge in [-0.15, -0.1) is 0 Å². The lowest BCUT2D eigenvalue weighted by Crippen LogP contribution is -2.37. The number of carbonyl (C=O) groups excluding carboxylic acids is 2. The van der Waals surface area contributed by atoms with Gasteiger partial charge in [-0.05, 0) is 12.5 Å². The number of benzene rings is 1. The van der Waals surface area contributed by atoms with Gasteiger partial charge in [0.2, 0.25) is 5.91 Å². The van der Waals surface area contributed by atoms with Crippen molar-refractivity contribution in [2.75, 3.05) is 26.2 Å². The molecule has 6 heteroatoms. The number of amides is 2. The zero-order chi connectivity index (χ0) is 15.5. The summed E-state index contributed by atoms with van der Waals surface area (Å²) in [5.41, 5.74) is 1.42. The van der Waals surface area contributed by atoms with Crippen molar-refractivity contribution < 1.29 is 9.59 Å². The Morgan fingerprint density at radius 3 is 2.77 bits per heavy atom. The van der Waals surface area contributed by atoms with Gasteiger partial charge in [-0.25, -0.2) is 0 Å². The van der Waals surface area contributed by atoms with Gasteiger partial charge >= 0.3 is 0 Å². The number of nitrogens with zero attached hydrogens (tertiary/aromatic N) is 3. The average molecular weight is 300 g/mol. The SMILES string of the molecule is CCC(=O)N1CCCN(C(=O)c2cccc3cn[nH]c23)CC1. The highest BCUT2D eigenvalue weighted by molar-refractivity contribution is 6.05. The smallest absolute Gasteiger partial charge is 0.256 e. The third kappa shape index (κ3) is 2.68. The molecule has 1 aliphatic rings. The molecule has 2 aromatic rings. The first-order chi connectivity index (χ1) is 10.7. The van der Waals surface area contributed by atoms with Crippen LogP contribution >= 0.6 is 0 Å². The third-order valence-electron chi connectivity index (χ3n) is 4.15. The molecular formula is C16H20N4O2. The Bertz CT molecular complexity index is 694. The molecule has 0 spiro atoms. The van der Waals surface area contributed by atoms with Crippen molar-refractivity contribution in [2.45, 2.75) is 19.8 Å². The topological polar surface area (TPSA) is 69.3 Å². The molecular weight excluding hydrogens is 280 g/mol. The minimum Gasteiger partial charge on any atom is -0.341 e. The van der Waals surface area contributed by atoms with Crippen molar-refractivity contribution in [3.8, 4) is 0 Å². The van der Waals surface area contributed by atoms with E-state index < -0.39 is 0 Å². The Morgan fingerprint density at radius 2 is 1.95 bits per heavy atom. The van der Waals surface area contributed by atoms with Gasteiger partial charge < -0.3 is 9.80 Å². The lowest BCUT2D eigenvalue weighted by atomic mass is 10.1. The molecule has 0 unspecified atom stereocenters. The molecule has 0 radical (unpaired) electrons. The molecule has 116 valence electrons. The van der Waals surface area contributed by atoms with Crippen LogP contribution < -0.4 is 0 Å². The Balaban J connectivity index is 1.78. The normalized spacial score (nSPS) is 15.9. The monoisotopic (exact) mass is 300 g/mol. The van der Waals surface area contributed by atoms with E-state index in [1.165, 1.54) is 0 Å². The van der Waals surface area contributed by atoms with Gasteiger partial charge in [0.05, 0.1) is 17.3 Å². The van der Waals surface area contributed by atoms with Crippen LogP contribution in [0.25, 0.3) is 10.9 Å². The van der Waals surface area contributed by atoms with Gasteiger partial charge in [0.1, 0.15) is 0 Å². The van der Waals surface area contributed by atoms with E-state index in [1.54, 1.807) is 6.20 Å². The van der Waals surface area contributed by atoms with Crippen LogP contribution in [0.1, 0.15) is 30.1 Å². The van der Waals surface area contributed by atoms with Crippen molar-refractivity contribution >= 4 is 22.7 Å². The molecule has 1 fully saturated rings. The van der Waals surface area contributed by atoms with Gasteiger partial charge in [0.15, 0.2) is 0 Å². The molecule has 0 aliphatic carbocycles. The largest absolute Gasteiger partial charge is 0.341 e. The molecule has 1 aromatic carbocycles. The summed E-state index contributed by atoms with van der Waals surface area (Å²) in [5.74, 6) is 0.158. The molecule has 0 saturated carbocycles. The Labute approximate surface area is 129 Å². The average Bonchev–Trinajstić information content (AvgIpc) is 2.89. The number of aromatic amines is 1. The van der Waals surface area contributed by atoms with Gasteiger partial charge in [-0.1, -0.05) is 19.1 Å². The number of carbonyl (C=O) groups is 2. The number of aromatic nitrogens is 2. The third-order valence-corrected chi connectivity index (χ3v) is 4.15. The Kier molecular flexibility index (Phi) is 4.09. The van der Waals surface area contributed by atoms with E-state index in [9.17, 15) is 9.59 Å². The molecule has 0 bridgehead atoms. The fourth-order valence-electron chi connectivity index (χ4n) is 2.91. The zero-order valence-corrected chi connectivity index (χ0v) is 12.7. The highest BCUT2D eigenvalue weighted by atomic mass is 16.2. The molecule has 2 amide bonds. The van der Waals surface area contributed by atoms with Gasteiger partial charge in [-0.2, -0.15) is 5.10 Å². The van der Waals surface area contributed by atoms with Crippen LogP contribution in [-0.2, 0) is 4.79 Å². The van der Waals surface area contributed by atoms with E-state index in [-0.39, 0.29) is 11.8 Å². The molecule has 3 rings (SSSR count). The standard InChI is InChI=1S/C16H20N4O2/c1-2-14(21)19-7-4-8-20(10-9-19)16(22)13-6-3-5-12-11-17-18-15(12)13/h3,5-6,11H,2,4,7-10H2,1H3,(H,17,18). The van der Waals surface area contributed by atoms with E-state index in [1.807, 2.05) is 34.9 Å². The number of fused-ring (bicyclic) bond motifs is 1. The van der Waals surface area contributed by atoms with Crippen molar-refractivity contribution in [1.82, 2.24) is 20.0 Å². The lowest BCUT2D eigenvalue weighted by molar-refractivity contribution is -0.130. The first kappa shape index (κ1) is 14.6. The summed E-state index contributed by atoms with van der Waals surface area (Å²) in [4.78, 5) is 28.3. The highest BCUT2D eigenvalue weighted by Crippen LogP contribution is 2.18. The van der Waals surface area contributed by atoms with Crippen LogP contribution in [0, 0.1) is 0 Å². The maximum Gasteiger partial charge on any atom is 0.256 e. The maximum absolute atomic E-state index is 12.8. The fraction of sp³-hybridized carbons (Fsp3) is 0.438. The summed E-state index contributed by atoms with van der Waals surface area (Å²) >= 11 is 0. The predicted octanol–water partition coefficient (Wildman–Crippen LogP) is 1.65. The summed E-state index contributed by atoms with van der Waals surface area (Å²) < 4.78 is 0.